The summed E-state index contributed by atoms with van der Waals surface area (Å²) in [6.07, 6.45) is 2.74. The average molecular weight is 426 g/mol. The van der Waals surface area contributed by atoms with Gasteiger partial charge in [-0.25, -0.2) is 28.2 Å². The number of hydrogen-bond acceptors (Lipinski definition) is 6. The highest BCUT2D eigenvalue weighted by Gasteiger charge is 2.45. The molecular weight excluding hydrogens is 402 g/mol. The van der Waals surface area contributed by atoms with Crippen LogP contribution in [0, 0.1) is 6.92 Å². The van der Waals surface area contributed by atoms with Crippen LogP contribution in [0.5, 0.6) is 0 Å². The number of aryl methyl sites for hydroxylation is 1. The van der Waals surface area contributed by atoms with E-state index in [1.807, 2.05) is 32.4 Å². The lowest BCUT2D eigenvalue weighted by Crippen LogP contribution is -2.57. The van der Waals surface area contributed by atoms with Gasteiger partial charge in [0.05, 0.1) is 29.5 Å². The molecule has 31 heavy (non-hydrogen) atoms. The first kappa shape index (κ1) is 20.0. The summed E-state index contributed by atoms with van der Waals surface area (Å²) in [5.41, 5.74) is 9.30. The molecule has 0 atom stereocenters. The molecule has 10 heteroatoms. The molecular formula is C21H24F2N8. The Hall–Kier alpha value is -2.98. The van der Waals surface area contributed by atoms with Gasteiger partial charge in [0.1, 0.15) is 11.3 Å². The molecule has 0 aliphatic heterocycles. The molecule has 8 nitrogen and oxygen atoms in total. The van der Waals surface area contributed by atoms with Crippen LogP contribution in [-0.4, -0.2) is 60.6 Å². The normalized spacial score (nSPS) is 21.5. The molecule has 4 heterocycles. The number of alkyl halides is 2. The van der Waals surface area contributed by atoms with Crippen LogP contribution in [0.1, 0.15) is 24.5 Å². The molecule has 1 aliphatic carbocycles. The van der Waals surface area contributed by atoms with E-state index in [2.05, 4.69) is 25.0 Å². The van der Waals surface area contributed by atoms with Gasteiger partial charge in [-0.05, 0) is 52.1 Å². The molecule has 162 valence electrons. The van der Waals surface area contributed by atoms with E-state index in [1.165, 1.54) is 4.57 Å². The second-order valence-corrected chi connectivity index (χ2v) is 8.52. The summed E-state index contributed by atoms with van der Waals surface area (Å²) in [5, 5.41) is 4.65. The number of halogens is 2. The van der Waals surface area contributed by atoms with Crippen LogP contribution in [0.3, 0.4) is 0 Å². The lowest BCUT2D eigenvalue weighted by molar-refractivity contribution is 0.0865. The van der Waals surface area contributed by atoms with E-state index in [-0.39, 0.29) is 0 Å². The number of nitrogens with two attached hydrogens (primary N) is 1. The SMILES string of the molecule is Cc1nc2ccc(-c3ccn4nc(C5(N)CC(N(C)C)C5)ncc34)nc2n1CC(F)F. The first-order chi connectivity index (χ1) is 14.7. The summed E-state index contributed by atoms with van der Waals surface area (Å²) in [4.78, 5) is 15.7. The van der Waals surface area contributed by atoms with Gasteiger partial charge in [0.25, 0.3) is 6.43 Å². The Morgan fingerprint density at radius 3 is 2.71 bits per heavy atom. The summed E-state index contributed by atoms with van der Waals surface area (Å²) < 4.78 is 29.2. The van der Waals surface area contributed by atoms with E-state index in [9.17, 15) is 8.78 Å². The molecule has 4 aromatic heterocycles. The number of aromatic nitrogens is 6. The minimum Gasteiger partial charge on any atom is -0.319 e. The van der Waals surface area contributed by atoms with Gasteiger partial charge in [-0.1, -0.05) is 0 Å². The van der Waals surface area contributed by atoms with Crippen molar-refractivity contribution in [3.8, 4) is 11.3 Å². The smallest absolute Gasteiger partial charge is 0.256 e. The quantitative estimate of drug-likeness (QED) is 0.528. The monoisotopic (exact) mass is 426 g/mol. The third-order valence-electron chi connectivity index (χ3n) is 6.17. The Labute approximate surface area is 177 Å². The topological polar surface area (TPSA) is 90.2 Å². The number of nitrogens with zero attached hydrogens (tertiary/aromatic N) is 7. The maximum Gasteiger partial charge on any atom is 0.256 e. The molecule has 1 aliphatic rings. The van der Waals surface area contributed by atoms with Crippen molar-refractivity contribution in [1.29, 1.82) is 0 Å². The van der Waals surface area contributed by atoms with Crippen LogP contribution >= 0.6 is 0 Å². The van der Waals surface area contributed by atoms with Crippen molar-refractivity contribution >= 4 is 16.7 Å². The van der Waals surface area contributed by atoms with E-state index in [4.69, 9.17) is 5.73 Å². The molecule has 0 saturated heterocycles. The summed E-state index contributed by atoms with van der Waals surface area (Å²) in [5.74, 6) is 1.13. The van der Waals surface area contributed by atoms with Crippen LogP contribution in [-0.2, 0) is 12.1 Å². The van der Waals surface area contributed by atoms with Gasteiger partial charge in [-0.15, -0.1) is 0 Å². The molecule has 2 N–H and O–H groups in total. The van der Waals surface area contributed by atoms with Crippen molar-refractivity contribution in [2.24, 2.45) is 5.73 Å². The fourth-order valence-corrected chi connectivity index (χ4v) is 4.30. The molecule has 0 aromatic carbocycles. The molecule has 1 fully saturated rings. The van der Waals surface area contributed by atoms with Gasteiger partial charge < -0.3 is 15.2 Å². The Kier molecular flexibility index (Phi) is 4.52. The van der Waals surface area contributed by atoms with Crippen LogP contribution in [0.4, 0.5) is 8.78 Å². The number of pyridine rings is 1. The molecule has 4 aromatic rings. The van der Waals surface area contributed by atoms with Gasteiger partial charge in [0.2, 0.25) is 0 Å². The molecule has 0 bridgehead atoms. The first-order valence-electron chi connectivity index (χ1n) is 10.2. The molecule has 0 amide bonds. The zero-order valence-electron chi connectivity index (χ0n) is 17.6. The Morgan fingerprint density at radius 2 is 2.00 bits per heavy atom. The van der Waals surface area contributed by atoms with E-state index >= 15 is 0 Å². The highest BCUT2D eigenvalue weighted by Crippen LogP contribution is 2.39. The zero-order valence-corrected chi connectivity index (χ0v) is 17.6. The van der Waals surface area contributed by atoms with E-state index < -0.39 is 18.5 Å². The van der Waals surface area contributed by atoms with Crippen LogP contribution < -0.4 is 5.73 Å². The van der Waals surface area contributed by atoms with E-state index in [0.29, 0.717) is 34.5 Å². The predicted molar refractivity (Wildman–Crippen MR) is 113 cm³/mol. The van der Waals surface area contributed by atoms with Crippen molar-refractivity contribution in [3.63, 3.8) is 0 Å². The number of rotatable bonds is 5. The van der Waals surface area contributed by atoms with E-state index in [0.717, 1.165) is 23.9 Å². The predicted octanol–water partition coefficient (Wildman–Crippen LogP) is 2.59. The lowest BCUT2D eigenvalue weighted by Gasteiger charge is -2.46. The summed E-state index contributed by atoms with van der Waals surface area (Å²) in [7, 11) is 4.09. The van der Waals surface area contributed by atoms with Gasteiger partial charge in [0.15, 0.2) is 11.5 Å². The van der Waals surface area contributed by atoms with E-state index in [1.54, 1.807) is 23.7 Å². The third kappa shape index (κ3) is 3.26. The highest BCUT2D eigenvalue weighted by molar-refractivity contribution is 5.82. The Bertz CT molecular complexity index is 1270. The average Bonchev–Trinajstić information content (AvgIpc) is 3.25. The molecule has 1 saturated carbocycles. The third-order valence-corrected chi connectivity index (χ3v) is 6.17. The summed E-state index contributed by atoms with van der Waals surface area (Å²) in [6, 6.07) is 5.97. The van der Waals surface area contributed by atoms with Crippen LogP contribution in [0.2, 0.25) is 0 Å². The molecule has 5 rings (SSSR count). The largest absolute Gasteiger partial charge is 0.319 e. The second kappa shape index (κ2) is 7.03. The maximum atomic E-state index is 13.0. The van der Waals surface area contributed by atoms with Crippen molar-refractivity contribution < 1.29 is 8.78 Å². The second-order valence-electron chi connectivity index (χ2n) is 8.52. The molecule has 0 spiro atoms. The number of hydrogen-bond donors (Lipinski definition) is 1. The molecule has 0 radical (unpaired) electrons. The summed E-state index contributed by atoms with van der Waals surface area (Å²) >= 11 is 0. The molecule has 0 unspecified atom stereocenters. The van der Waals surface area contributed by atoms with Crippen LogP contribution in [0.25, 0.3) is 27.9 Å². The fourth-order valence-electron chi connectivity index (χ4n) is 4.30. The standard InChI is InChI=1S/C21H24F2N8/c1-12-26-16-5-4-15(27-19(16)30(12)11-18(22)23)14-6-7-31-17(14)10-25-20(28-31)21(24)8-13(9-21)29(2)3/h4-7,10,13,18H,8-9,11,24H2,1-3H3. The summed E-state index contributed by atoms with van der Waals surface area (Å²) in [6.45, 7) is 1.27. The maximum absolute atomic E-state index is 13.0. The van der Waals surface area contributed by atoms with Crippen molar-refractivity contribution in [2.75, 3.05) is 14.1 Å². The van der Waals surface area contributed by atoms with Crippen molar-refractivity contribution in [2.45, 2.75) is 44.3 Å². The van der Waals surface area contributed by atoms with Gasteiger partial charge in [-0.2, -0.15) is 5.10 Å². The minimum atomic E-state index is -2.48. The van der Waals surface area contributed by atoms with Crippen LogP contribution in [0.15, 0.2) is 30.6 Å². The van der Waals surface area contributed by atoms with Gasteiger partial charge in [0, 0.05) is 17.8 Å². The fraction of sp³-hybridized carbons (Fsp3) is 0.429. The Morgan fingerprint density at radius 1 is 1.23 bits per heavy atom. The first-order valence-corrected chi connectivity index (χ1v) is 10.2. The zero-order chi connectivity index (χ0) is 21.9. The van der Waals surface area contributed by atoms with Crippen molar-refractivity contribution in [1.82, 2.24) is 34.0 Å². The lowest BCUT2D eigenvalue weighted by atomic mass is 9.72. The number of fused-ring (bicyclic) bond motifs is 2. The van der Waals surface area contributed by atoms with Gasteiger partial charge >= 0.3 is 0 Å². The number of imidazole rings is 1. The van der Waals surface area contributed by atoms with Gasteiger partial charge in [-0.3, -0.25) is 0 Å². The Balaban J connectivity index is 1.52. The highest BCUT2D eigenvalue weighted by atomic mass is 19.3. The van der Waals surface area contributed by atoms with Crippen molar-refractivity contribution in [3.05, 3.63) is 42.2 Å². The minimum absolute atomic E-state index is 0.432.